The normalized spacial score (nSPS) is 14.7. The number of nitrogens with zero attached hydrogens (tertiary/aromatic N) is 2. The summed E-state index contributed by atoms with van der Waals surface area (Å²) in [6, 6.07) is 6.68. The third-order valence-corrected chi connectivity index (χ3v) is 4.76. The summed E-state index contributed by atoms with van der Waals surface area (Å²) in [4.78, 5) is 31.3. The highest BCUT2D eigenvalue weighted by molar-refractivity contribution is 6.02. The second-order valence-electron chi connectivity index (χ2n) is 6.41. The van der Waals surface area contributed by atoms with Crippen molar-refractivity contribution >= 4 is 17.4 Å². The summed E-state index contributed by atoms with van der Waals surface area (Å²) >= 11 is 0. The minimum absolute atomic E-state index is 0.0466. The first-order valence-electron chi connectivity index (χ1n) is 8.39. The largest absolute Gasteiger partial charge is 0.366 e. The van der Waals surface area contributed by atoms with Gasteiger partial charge >= 0.3 is 0 Å². The predicted molar refractivity (Wildman–Crippen MR) is 94.8 cm³/mol. The Morgan fingerprint density at radius 1 is 1.08 bits per heavy atom. The van der Waals surface area contributed by atoms with Crippen LogP contribution in [0.15, 0.2) is 24.3 Å². The van der Waals surface area contributed by atoms with E-state index in [1.165, 1.54) is 13.0 Å². The van der Waals surface area contributed by atoms with Crippen molar-refractivity contribution in [3.63, 3.8) is 0 Å². The summed E-state index contributed by atoms with van der Waals surface area (Å²) in [5, 5.41) is 0. The molecule has 0 radical (unpaired) electrons. The van der Waals surface area contributed by atoms with E-state index in [-0.39, 0.29) is 17.5 Å². The number of piperazine rings is 1. The van der Waals surface area contributed by atoms with E-state index in [0.29, 0.717) is 48.7 Å². The van der Waals surface area contributed by atoms with Gasteiger partial charge in [-0.2, -0.15) is 0 Å². The number of carbonyl (C=O) groups excluding carboxylic acids is 2. The Kier molecular flexibility index (Phi) is 4.61. The summed E-state index contributed by atoms with van der Waals surface area (Å²) in [5.74, 6) is -0.403. The average molecular weight is 343 g/mol. The lowest BCUT2D eigenvalue weighted by Crippen LogP contribution is -2.49. The van der Waals surface area contributed by atoms with Gasteiger partial charge in [-0.05, 0) is 38.5 Å². The second kappa shape index (κ2) is 6.70. The fourth-order valence-corrected chi connectivity index (χ4v) is 3.51. The van der Waals surface area contributed by atoms with Crippen LogP contribution in [-0.2, 0) is 0 Å². The van der Waals surface area contributed by atoms with Gasteiger partial charge in [-0.3, -0.25) is 9.59 Å². The molecule has 0 spiro atoms. The van der Waals surface area contributed by atoms with Gasteiger partial charge in [0.15, 0.2) is 5.78 Å². The van der Waals surface area contributed by atoms with Crippen LogP contribution in [0.5, 0.6) is 0 Å². The number of aromatic nitrogens is 1. The van der Waals surface area contributed by atoms with E-state index in [2.05, 4.69) is 4.98 Å². The summed E-state index contributed by atoms with van der Waals surface area (Å²) in [7, 11) is 0. The number of carbonyl (C=O) groups is 2. The lowest BCUT2D eigenvalue weighted by molar-refractivity contribution is 0.0740. The number of amides is 1. The molecule has 25 heavy (non-hydrogen) atoms. The highest BCUT2D eigenvalue weighted by Gasteiger charge is 2.27. The molecule has 0 saturated carbocycles. The fourth-order valence-electron chi connectivity index (χ4n) is 3.51. The number of benzene rings is 1. The Morgan fingerprint density at radius 3 is 2.28 bits per heavy atom. The number of hydrogen-bond donors (Lipinski definition) is 1. The summed E-state index contributed by atoms with van der Waals surface area (Å²) in [6.45, 7) is 7.28. The van der Waals surface area contributed by atoms with Gasteiger partial charge in [0.1, 0.15) is 11.5 Å². The van der Waals surface area contributed by atoms with Crippen molar-refractivity contribution in [3.8, 4) is 0 Å². The molecule has 1 aromatic heterocycles. The molecule has 1 aromatic carbocycles. The van der Waals surface area contributed by atoms with Gasteiger partial charge in [-0.15, -0.1) is 0 Å². The number of anilines is 1. The molecule has 1 fully saturated rings. The maximum absolute atomic E-state index is 13.9. The highest BCUT2D eigenvalue weighted by Crippen LogP contribution is 2.23. The lowest BCUT2D eigenvalue weighted by Gasteiger charge is -2.36. The zero-order chi connectivity index (χ0) is 18.1. The molecule has 6 heteroatoms. The average Bonchev–Trinajstić information content (AvgIpc) is 2.89. The minimum Gasteiger partial charge on any atom is -0.366 e. The molecule has 0 bridgehead atoms. The third kappa shape index (κ3) is 3.16. The minimum atomic E-state index is -0.246. The van der Waals surface area contributed by atoms with Gasteiger partial charge in [0.2, 0.25) is 0 Å². The first-order valence-corrected chi connectivity index (χ1v) is 8.39. The molecule has 0 atom stereocenters. The second-order valence-corrected chi connectivity index (χ2v) is 6.41. The zero-order valence-electron chi connectivity index (χ0n) is 14.7. The van der Waals surface area contributed by atoms with E-state index in [9.17, 15) is 14.0 Å². The number of H-pyrrole nitrogens is 1. The Hall–Kier alpha value is -2.63. The number of hydrogen-bond acceptors (Lipinski definition) is 3. The van der Waals surface area contributed by atoms with Crippen LogP contribution >= 0.6 is 0 Å². The van der Waals surface area contributed by atoms with Gasteiger partial charge in [0.25, 0.3) is 5.91 Å². The predicted octanol–water partition coefficient (Wildman–Crippen LogP) is 2.94. The van der Waals surface area contributed by atoms with Gasteiger partial charge in [-0.25, -0.2) is 4.39 Å². The number of ketones is 1. The van der Waals surface area contributed by atoms with E-state index in [4.69, 9.17) is 0 Å². The van der Waals surface area contributed by atoms with Crippen molar-refractivity contribution in [1.29, 1.82) is 0 Å². The molecule has 5 nitrogen and oxygen atoms in total. The van der Waals surface area contributed by atoms with E-state index < -0.39 is 0 Å². The standard InChI is InChI=1S/C19H22FN3O2/c1-12-17(14(3)24)13(2)21-18(12)19(25)23-10-8-22(9-11-23)16-7-5-4-6-15(16)20/h4-7,21H,8-11H2,1-3H3. The monoisotopic (exact) mass is 343 g/mol. The number of para-hydroxylation sites is 1. The molecule has 2 aromatic rings. The number of Topliss-reactive ketones (excluding diaryl/α,β-unsaturated/α-hetero) is 1. The van der Waals surface area contributed by atoms with Crippen LogP contribution in [0, 0.1) is 19.7 Å². The molecular weight excluding hydrogens is 321 g/mol. The maximum Gasteiger partial charge on any atom is 0.270 e. The number of halogens is 1. The van der Waals surface area contributed by atoms with Crippen molar-refractivity contribution in [3.05, 3.63) is 52.6 Å². The zero-order valence-corrected chi connectivity index (χ0v) is 14.7. The molecule has 1 amide bonds. The van der Waals surface area contributed by atoms with Crippen molar-refractivity contribution < 1.29 is 14.0 Å². The Labute approximate surface area is 146 Å². The van der Waals surface area contributed by atoms with E-state index >= 15 is 0 Å². The van der Waals surface area contributed by atoms with Crippen LogP contribution in [0.25, 0.3) is 0 Å². The number of rotatable bonds is 3. The van der Waals surface area contributed by atoms with Crippen molar-refractivity contribution in [2.45, 2.75) is 20.8 Å². The molecule has 1 N–H and O–H groups in total. The van der Waals surface area contributed by atoms with Crippen LogP contribution in [0.2, 0.25) is 0 Å². The molecular formula is C19H22FN3O2. The van der Waals surface area contributed by atoms with Crippen molar-refractivity contribution in [2.24, 2.45) is 0 Å². The summed E-state index contributed by atoms with van der Waals surface area (Å²) < 4.78 is 13.9. The summed E-state index contributed by atoms with van der Waals surface area (Å²) in [6.07, 6.45) is 0. The quantitative estimate of drug-likeness (QED) is 0.872. The Morgan fingerprint density at radius 2 is 1.72 bits per heavy atom. The van der Waals surface area contributed by atoms with Crippen molar-refractivity contribution in [2.75, 3.05) is 31.1 Å². The van der Waals surface area contributed by atoms with Crippen LogP contribution in [0.1, 0.15) is 39.0 Å². The molecule has 0 aliphatic carbocycles. The first kappa shape index (κ1) is 17.2. The van der Waals surface area contributed by atoms with Crippen LogP contribution in [-0.4, -0.2) is 47.8 Å². The molecule has 132 valence electrons. The lowest BCUT2D eigenvalue weighted by atomic mass is 10.1. The van der Waals surface area contributed by atoms with E-state index in [1.54, 1.807) is 30.9 Å². The first-order chi connectivity index (χ1) is 11.9. The van der Waals surface area contributed by atoms with Gasteiger partial charge in [0, 0.05) is 37.4 Å². The fraction of sp³-hybridized carbons (Fsp3) is 0.368. The molecule has 0 unspecified atom stereocenters. The third-order valence-electron chi connectivity index (χ3n) is 4.76. The van der Waals surface area contributed by atoms with Gasteiger partial charge in [0.05, 0.1) is 5.69 Å². The van der Waals surface area contributed by atoms with E-state index in [1.807, 2.05) is 11.0 Å². The molecule has 1 aliphatic rings. The number of nitrogens with one attached hydrogen (secondary N) is 1. The smallest absolute Gasteiger partial charge is 0.270 e. The maximum atomic E-state index is 13.9. The summed E-state index contributed by atoms with van der Waals surface area (Å²) in [5.41, 5.74) is 3.06. The van der Waals surface area contributed by atoms with Crippen molar-refractivity contribution in [1.82, 2.24) is 9.88 Å². The SMILES string of the molecule is CC(=O)c1c(C)[nH]c(C(=O)N2CCN(c3ccccc3F)CC2)c1C. The molecule has 2 heterocycles. The molecule has 1 aliphatic heterocycles. The van der Waals surface area contributed by atoms with Gasteiger partial charge < -0.3 is 14.8 Å². The van der Waals surface area contributed by atoms with Crippen LogP contribution in [0.4, 0.5) is 10.1 Å². The molecule has 3 rings (SSSR count). The highest BCUT2D eigenvalue weighted by atomic mass is 19.1. The number of aryl methyl sites for hydroxylation is 1. The van der Waals surface area contributed by atoms with Gasteiger partial charge in [-0.1, -0.05) is 12.1 Å². The Balaban J connectivity index is 1.73. The van der Waals surface area contributed by atoms with Crippen LogP contribution in [0.3, 0.4) is 0 Å². The molecule has 1 saturated heterocycles. The number of aromatic amines is 1. The van der Waals surface area contributed by atoms with Crippen LogP contribution < -0.4 is 4.90 Å². The van der Waals surface area contributed by atoms with E-state index in [0.717, 1.165) is 5.69 Å². The Bertz CT molecular complexity index is 820. The topological polar surface area (TPSA) is 56.4 Å².